The van der Waals surface area contributed by atoms with Gasteiger partial charge in [0, 0.05) is 19.3 Å². The lowest BCUT2D eigenvalue weighted by atomic mass is 10.0. The van der Waals surface area contributed by atoms with Gasteiger partial charge in [0.15, 0.2) is 6.10 Å². The van der Waals surface area contributed by atoms with Gasteiger partial charge in [0.1, 0.15) is 13.2 Å². The van der Waals surface area contributed by atoms with Gasteiger partial charge in [-0.25, -0.2) is 0 Å². The lowest BCUT2D eigenvalue weighted by Crippen LogP contribution is -2.30. The third-order valence-electron chi connectivity index (χ3n) is 14.0. The summed E-state index contributed by atoms with van der Waals surface area (Å²) in [5.41, 5.74) is 0. The normalized spacial score (nSPS) is 12.1. The summed E-state index contributed by atoms with van der Waals surface area (Å²) in [5, 5.41) is 0. The SMILES string of the molecule is CCCCC/C=C\C/C=C\CCCCCCCCCCCC(=O)OC(COC(=O)CCCCCCCCCCCC)COC(=O)CCCCCCCCCCCCCCCCCCCCCCCC. The van der Waals surface area contributed by atoms with E-state index in [2.05, 4.69) is 45.1 Å². The van der Waals surface area contributed by atoms with Crippen LogP contribution in [0.5, 0.6) is 0 Å². The van der Waals surface area contributed by atoms with Crippen molar-refractivity contribution in [3.63, 3.8) is 0 Å². The van der Waals surface area contributed by atoms with Gasteiger partial charge in [-0.15, -0.1) is 0 Å². The smallest absolute Gasteiger partial charge is 0.306 e. The van der Waals surface area contributed by atoms with Gasteiger partial charge in [-0.1, -0.05) is 295 Å². The van der Waals surface area contributed by atoms with E-state index in [9.17, 15) is 14.4 Å². The highest BCUT2D eigenvalue weighted by Crippen LogP contribution is 2.18. The third kappa shape index (κ3) is 56.7. The van der Waals surface area contributed by atoms with Gasteiger partial charge in [0.25, 0.3) is 0 Å². The van der Waals surface area contributed by atoms with Crippen molar-refractivity contribution in [2.75, 3.05) is 13.2 Å². The predicted molar refractivity (Wildman–Crippen MR) is 298 cm³/mol. The number of unbranched alkanes of at least 4 members (excludes halogenated alkanes) is 42. The third-order valence-corrected chi connectivity index (χ3v) is 14.0. The first-order valence-corrected chi connectivity index (χ1v) is 30.8. The van der Waals surface area contributed by atoms with E-state index in [0.717, 1.165) is 64.2 Å². The summed E-state index contributed by atoms with van der Waals surface area (Å²) >= 11 is 0. The van der Waals surface area contributed by atoms with Gasteiger partial charge in [-0.2, -0.15) is 0 Å². The van der Waals surface area contributed by atoms with Gasteiger partial charge >= 0.3 is 17.9 Å². The molecule has 0 heterocycles. The van der Waals surface area contributed by atoms with E-state index < -0.39 is 6.10 Å². The molecule has 0 aliphatic carbocycles. The number of allylic oxidation sites excluding steroid dienone is 4. The van der Waals surface area contributed by atoms with Crippen molar-refractivity contribution in [2.24, 2.45) is 0 Å². The lowest BCUT2D eigenvalue weighted by molar-refractivity contribution is -0.167. The van der Waals surface area contributed by atoms with E-state index >= 15 is 0 Å². The number of hydrogen-bond donors (Lipinski definition) is 0. The van der Waals surface area contributed by atoms with Crippen LogP contribution in [0.15, 0.2) is 24.3 Å². The first kappa shape index (κ1) is 66.9. The molecule has 0 rings (SSSR count). The fraction of sp³-hybridized carbons (Fsp3) is 0.889. The molecule has 0 radical (unpaired) electrons. The van der Waals surface area contributed by atoms with Gasteiger partial charge in [0.05, 0.1) is 0 Å². The van der Waals surface area contributed by atoms with Gasteiger partial charge in [-0.05, 0) is 51.4 Å². The fourth-order valence-electron chi connectivity index (χ4n) is 9.30. The van der Waals surface area contributed by atoms with Crippen LogP contribution < -0.4 is 0 Å². The molecule has 0 aliphatic heterocycles. The number of carbonyl (C=O) groups excluding carboxylic acids is 3. The second kappa shape index (κ2) is 58.5. The number of carbonyl (C=O) groups is 3. The Balaban J connectivity index is 4.21. The highest BCUT2D eigenvalue weighted by atomic mass is 16.6. The Labute approximate surface area is 430 Å². The molecular weight excluding hydrogens is 853 g/mol. The highest BCUT2D eigenvalue weighted by molar-refractivity contribution is 5.71. The summed E-state index contributed by atoms with van der Waals surface area (Å²) in [4.78, 5) is 38.2. The quantitative estimate of drug-likeness (QED) is 0.0261. The molecule has 406 valence electrons. The fourth-order valence-corrected chi connectivity index (χ4v) is 9.30. The molecule has 69 heavy (non-hydrogen) atoms. The first-order valence-electron chi connectivity index (χ1n) is 30.8. The Kier molecular flexibility index (Phi) is 56.7. The molecule has 0 aliphatic rings. The number of esters is 3. The maximum absolute atomic E-state index is 12.9. The Morgan fingerprint density at radius 2 is 0.522 bits per heavy atom. The monoisotopic (exact) mass is 971 g/mol. The minimum Gasteiger partial charge on any atom is -0.462 e. The van der Waals surface area contributed by atoms with Crippen LogP contribution in [-0.4, -0.2) is 37.2 Å². The Hall–Kier alpha value is -2.11. The standard InChI is InChI=1S/C63H118O6/c1-4-7-10-13-16-19-22-24-26-28-30-31-32-34-35-37-39-41-44-47-50-53-56-62(65)68-59-60(58-67-61(64)55-52-49-46-43-21-18-15-12-9-6-3)69-63(66)57-54-51-48-45-42-40-38-36-33-29-27-25-23-20-17-14-11-8-5-2/h17,20,25,27,60H,4-16,18-19,21-24,26,28-59H2,1-3H3/b20-17-,27-25-. The van der Waals surface area contributed by atoms with Crippen molar-refractivity contribution in [3.05, 3.63) is 24.3 Å². The summed E-state index contributed by atoms with van der Waals surface area (Å²) in [6, 6.07) is 0. The number of rotatable bonds is 57. The molecule has 6 nitrogen and oxygen atoms in total. The zero-order valence-electron chi connectivity index (χ0n) is 46.6. The molecular formula is C63H118O6. The minimum atomic E-state index is -0.768. The molecule has 0 spiro atoms. The average molecular weight is 972 g/mol. The number of hydrogen-bond acceptors (Lipinski definition) is 6. The molecule has 0 N–H and O–H groups in total. The second-order valence-corrected chi connectivity index (χ2v) is 21.0. The minimum absolute atomic E-state index is 0.0672. The van der Waals surface area contributed by atoms with E-state index in [-0.39, 0.29) is 31.1 Å². The van der Waals surface area contributed by atoms with Crippen molar-refractivity contribution in [1.29, 1.82) is 0 Å². The van der Waals surface area contributed by atoms with Crippen LogP contribution in [0.4, 0.5) is 0 Å². The lowest BCUT2D eigenvalue weighted by Gasteiger charge is -2.18. The Morgan fingerprint density at radius 3 is 0.826 bits per heavy atom. The van der Waals surface area contributed by atoms with Crippen LogP contribution in [-0.2, 0) is 28.6 Å². The zero-order chi connectivity index (χ0) is 50.0. The molecule has 0 aromatic heterocycles. The molecule has 0 amide bonds. The van der Waals surface area contributed by atoms with Crippen molar-refractivity contribution in [3.8, 4) is 0 Å². The van der Waals surface area contributed by atoms with Crippen LogP contribution in [0.1, 0.15) is 342 Å². The maximum Gasteiger partial charge on any atom is 0.306 e. The molecule has 0 aromatic rings. The molecule has 0 saturated carbocycles. The van der Waals surface area contributed by atoms with Crippen molar-refractivity contribution < 1.29 is 28.6 Å². The van der Waals surface area contributed by atoms with Gasteiger partial charge in [-0.3, -0.25) is 14.4 Å². The van der Waals surface area contributed by atoms with E-state index in [1.165, 1.54) is 238 Å². The molecule has 0 fully saturated rings. The van der Waals surface area contributed by atoms with Crippen molar-refractivity contribution in [2.45, 2.75) is 348 Å². The topological polar surface area (TPSA) is 78.9 Å². The molecule has 0 aromatic carbocycles. The zero-order valence-corrected chi connectivity index (χ0v) is 46.6. The van der Waals surface area contributed by atoms with E-state index in [4.69, 9.17) is 14.2 Å². The second-order valence-electron chi connectivity index (χ2n) is 21.0. The molecule has 1 atom stereocenters. The summed E-state index contributed by atoms with van der Waals surface area (Å²) in [6.45, 7) is 6.66. The largest absolute Gasteiger partial charge is 0.462 e. The molecule has 1 unspecified atom stereocenters. The summed E-state index contributed by atoms with van der Waals surface area (Å²) < 4.78 is 16.9. The van der Waals surface area contributed by atoms with Gasteiger partial charge < -0.3 is 14.2 Å². The summed E-state index contributed by atoms with van der Waals surface area (Å²) in [6.07, 6.45) is 69.0. The first-order chi connectivity index (χ1) is 34.0. The summed E-state index contributed by atoms with van der Waals surface area (Å²) in [5.74, 6) is -0.849. The van der Waals surface area contributed by atoms with Crippen LogP contribution >= 0.6 is 0 Å². The average Bonchev–Trinajstić information content (AvgIpc) is 3.35. The van der Waals surface area contributed by atoms with Crippen molar-refractivity contribution in [1.82, 2.24) is 0 Å². The van der Waals surface area contributed by atoms with Crippen LogP contribution in [0.3, 0.4) is 0 Å². The van der Waals surface area contributed by atoms with E-state index in [0.29, 0.717) is 19.3 Å². The van der Waals surface area contributed by atoms with Crippen LogP contribution in [0.2, 0.25) is 0 Å². The molecule has 0 saturated heterocycles. The highest BCUT2D eigenvalue weighted by Gasteiger charge is 2.19. The van der Waals surface area contributed by atoms with E-state index in [1.807, 2.05) is 0 Å². The maximum atomic E-state index is 12.9. The van der Waals surface area contributed by atoms with Crippen LogP contribution in [0, 0.1) is 0 Å². The number of ether oxygens (including phenoxy) is 3. The molecule has 6 heteroatoms. The predicted octanol–water partition coefficient (Wildman–Crippen LogP) is 20.7. The Morgan fingerprint density at radius 1 is 0.290 bits per heavy atom. The summed E-state index contributed by atoms with van der Waals surface area (Å²) in [7, 11) is 0. The van der Waals surface area contributed by atoms with Gasteiger partial charge in [0.2, 0.25) is 0 Å². The van der Waals surface area contributed by atoms with E-state index in [1.54, 1.807) is 0 Å². The molecule has 0 bridgehead atoms. The van der Waals surface area contributed by atoms with Crippen molar-refractivity contribution >= 4 is 17.9 Å². The van der Waals surface area contributed by atoms with Crippen LogP contribution in [0.25, 0.3) is 0 Å². The Bertz CT molecular complexity index is 1110.